The summed E-state index contributed by atoms with van der Waals surface area (Å²) in [4.78, 5) is 18.0. The highest BCUT2D eigenvalue weighted by Crippen LogP contribution is 2.49. The molecule has 0 spiro atoms. The van der Waals surface area contributed by atoms with E-state index in [0.29, 0.717) is 22.2 Å². The summed E-state index contributed by atoms with van der Waals surface area (Å²) in [6, 6.07) is 0.165. The average molecular weight is 403 g/mol. The van der Waals surface area contributed by atoms with Gasteiger partial charge in [0.25, 0.3) is 5.91 Å². The van der Waals surface area contributed by atoms with Crippen LogP contribution in [0.5, 0.6) is 0 Å². The van der Waals surface area contributed by atoms with Crippen molar-refractivity contribution in [2.75, 3.05) is 0 Å². The number of rotatable bonds is 6. The van der Waals surface area contributed by atoms with Crippen molar-refractivity contribution in [2.24, 2.45) is 17.8 Å². The van der Waals surface area contributed by atoms with Crippen LogP contribution in [0.15, 0.2) is 0 Å². The number of unbranched alkanes of at least 4 members (excludes halogenated alkanes) is 1. The number of hydrogen-bond donors (Lipinski definition) is 1. The number of carbonyl (C=O) groups excluding carboxylic acids is 1. The van der Waals surface area contributed by atoms with E-state index in [1.54, 1.807) is 0 Å². The number of amides is 1. The summed E-state index contributed by atoms with van der Waals surface area (Å²) in [7, 11) is 0. The third kappa shape index (κ3) is 3.32. The lowest BCUT2D eigenvalue weighted by atomic mass is 9.84. The Morgan fingerprint density at radius 1 is 1.29 bits per heavy atom. The molecule has 2 heterocycles. The van der Waals surface area contributed by atoms with Crippen molar-refractivity contribution in [3.8, 4) is 0 Å². The maximum absolute atomic E-state index is 13.3. The van der Waals surface area contributed by atoms with Gasteiger partial charge in [-0.3, -0.25) is 4.79 Å². The summed E-state index contributed by atoms with van der Waals surface area (Å²) in [5.41, 5.74) is 2.81. The summed E-state index contributed by atoms with van der Waals surface area (Å²) in [6.07, 6.45) is 7.39. The molecule has 2 aliphatic rings. The van der Waals surface area contributed by atoms with Gasteiger partial charge in [0, 0.05) is 12.6 Å². The van der Waals surface area contributed by atoms with Crippen LogP contribution in [0.25, 0.3) is 11.0 Å². The normalized spacial score (nSPS) is 24.8. The van der Waals surface area contributed by atoms with Gasteiger partial charge >= 0.3 is 0 Å². The fourth-order valence-electron chi connectivity index (χ4n) is 5.44. The number of nitrogens with zero attached hydrogens (tertiary/aromatic N) is 3. The van der Waals surface area contributed by atoms with E-state index < -0.39 is 0 Å². The van der Waals surface area contributed by atoms with E-state index in [-0.39, 0.29) is 11.9 Å². The minimum atomic E-state index is -0.0890. The molecule has 2 aromatic heterocycles. The van der Waals surface area contributed by atoms with Crippen molar-refractivity contribution >= 4 is 28.5 Å². The van der Waals surface area contributed by atoms with Crippen molar-refractivity contribution in [3.05, 3.63) is 22.0 Å². The van der Waals surface area contributed by atoms with Crippen molar-refractivity contribution < 1.29 is 4.79 Å². The van der Waals surface area contributed by atoms with Crippen molar-refractivity contribution in [1.29, 1.82) is 0 Å². The van der Waals surface area contributed by atoms with Crippen LogP contribution < -0.4 is 5.32 Å². The van der Waals surface area contributed by atoms with Gasteiger partial charge in [0.15, 0.2) is 5.65 Å². The van der Waals surface area contributed by atoms with Crippen LogP contribution in [0.2, 0.25) is 5.02 Å². The summed E-state index contributed by atoms with van der Waals surface area (Å²) < 4.78 is 1.92. The van der Waals surface area contributed by atoms with Gasteiger partial charge in [-0.1, -0.05) is 31.4 Å². The number of aromatic nitrogens is 3. The Kier molecular flexibility index (Phi) is 5.38. The molecule has 0 saturated heterocycles. The van der Waals surface area contributed by atoms with Crippen LogP contribution in [0.4, 0.5) is 0 Å². The first-order valence-corrected chi connectivity index (χ1v) is 11.1. The SMILES string of the molecule is CCCCn1nc(C)c2c(C(=O)N[C@H](C)[C@@H]3C[C@H]4CC[C@H]3C4)c(Cl)c(C)nc21. The minimum absolute atomic E-state index is 0.0890. The van der Waals surface area contributed by atoms with Gasteiger partial charge in [-0.15, -0.1) is 0 Å². The highest BCUT2D eigenvalue weighted by atomic mass is 35.5. The minimum Gasteiger partial charge on any atom is -0.349 e. The molecule has 0 aromatic carbocycles. The molecule has 28 heavy (non-hydrogen) atoms. The maximum atomic E-state index is 13.3. The Bertz CT molecular complexity index is 906. The van der Waals surface area contributed by atoms with Crippen molar-refractivity contribution in [1.82, 2.24) is 20.1 Å². The zero-order chi connectivity index (χ0) is 20.0. The standard InChI is InChI=1S/C22H31ClN4O/c1-5-6-9-27-21-18(13(3)26-27)19(20(23)14(4)24-21)22(28)25-12(2)17-11-15-7-8-16(17)10-15/h12,15-17H,5-11H2,1-4H3,(H,25,28)/t12-,15+,16+,17+/m1/s1. The number of aryl methyl sites for hydroxylation is 3. The maximum Gasteiger partial charge on any atom is 0.253 e. The van der Waals surface area contributed by atoms with E-state index in [9.17, 15) is 4.79 Å². The largest absolute Gasteiger partial charge is 0.349 e. The Hall–Kier alpha value is -1.62. The Morgan fingerprint density at radius 3 is 2.71 bits per heavy atom. The summed E-state index contributed by atoms with van der Waals surface area (Å²) in [5.74, 6) is 2.14. The smallest absolute Gasteiger partial charge is 0.253 e. The van der Waals surface area contributed by atoms with Gasteiger partial charge in [-0.2, -0.15) is 5.10 Å². The van der Waals surface area contributed by atoms with Crippen LogP contribution in [0, 0.1) is 31.6 Å². The highest BCUT2D eigenvalue weighted by Gasteiger charge is 2.42. The highest BCUT2D eigenvalue weighted by molar-refractivity contribution is 6.36. The zero-order valence-electron chi connectivity index (χ0n) is 17.4. The molecule has 0 aliphatic heterocycles. The molecule has 1 N–H and O–H groups in total. The summed E-state index contributed by atoms with van der Waals surface area (Å²) >= 11 is 6.60. The monoisotopic (exact) mass is 402 g/mol. The lowest BCUT2D eigenvalue weighted by molar-refractivity contribution is 0.0917. The number of pyridine rings is 1. The first-order valence-electron chi connectivity index (χ1n) is 10.7. The average Bonchev–Trinajstić information content (AvgIpc) is 3.36. The summed E-state index contributed by atoms with van der Waals surface area (Å²) in [5, 5.41) is 9.17. The quantitative estimate of drug-likeness (QED) is 0.734. The second-order valence-electron chi connectivity index (χ2n) is 8.85. The van der Waals surface area contributed by atoms with E-state index in [0.717, 1.165) is 47.9 Å². The lowest BCUT2D eigenvalue weighted by Gasteiger charge is -2.28. The zero-order valence-corrected chi connectivity index (χ0v) is 18.1. The number of carbonyl (C=O) groups is 1. The lowest BCUT2D eigenvalue weighted by Crippen LogP contribution is -2.40. The van der Waals surface area contributed by atoms with Gasteiger partial charge in [0.2, 0.25) is 0 Å². The predicted molar refractivity (Wildman–Crippen MR) is 113 cm³/mol. The third-order valence-electron chi connectivity index (χ3n) is 6.91. The Balaban J connectivity index is 1.66. The fourth-order valence-corrected chi connectivity index (χ4v) is 5.67. The van der Waals surface area contributed by atoms with Crippen LogP contribution in [0.1, 0.15) is 74.1 Å². The molecule has 2 fully saturated rings. The van der Waals surface area contributed by atoms with Crippen molar-refractivity contribution in [2.45, 2.75) is 78.8 Å². The van der Waals surface area contributed by atoms with E-state index in [1.165, 1.54) is 25.7 Å². The number of hydrogen-bond acceptors (Lipinski definition) is 3. The van der Waals surface area contributed by atoms with E-state index in [2.05, 4.69) is 29.2 Å². The second kappa shape index (κ2) is 7.66. The first kappa shape index (κ1) is 19.7. The molecule has 2 aliphatic carbocycles. The second-order valence-corrected chi connectivity index (χ2v) is 9.23. The van der Waals surface area contributed by atoms with E-state index in [4.69, 9.17) is 11.6 Å². The number of halogens is 1. The van der Waals surface area contributed by atoms with Gasteiger partial charge in [0.05, 0.1) is 27.4 Å². The van der Waals surface area contributed by atoms with Crippen LogP contribution in [-0.4, -0.2) is 26.7 Å². The van der Waals surface area contributed by atoms with Gasteiger partial charge in [0.1, 0.15) is 0 Å². The first-order chi connectivity index (χ1) is 13.4. The van der Waals surface area contributed by atoms with Crippen molar-refractivity contribution in [3.63, 3.8) is 0 Å². The van der Waals surface area contributed by atoms with Crippen LogP contribution >= 0.6 is 11.6 Å². The molecule has 0 unspecified atom stereocenters. The Labute approximate surface area is 172 Å². The molecular formula is C22H31ClN4O. The van der Waals surface area contributed by atoms with Gasteiger partial charge in [-0.05, 0) is 64.2 Å². The summed E-state index contributed by atoms with van der Waals surface area (Å²) in [6.45, 7) is 8.92. The predicted octanol–water partition coefficient (Wildman–Crippen LogP) is 5.06. The van der Waals surface area contributed by atoms with Gasteiger partial charge < -0.3 is 5.32 Å². The topological polar surface area (TPSA) is 59.8 Å². The molecule has 5 nitrogen and oxygen atoms in total. The van der Waals surface area contributed by atoms with E-state index in [1.807, 2.05) is 18.5 Å². The molecule has 1 amide bonds. The fraction of sp³-hybridized carbons (Fsp3) is 0.682. The molecule has 2 bridgehead atoms. The molecular weight excluding hydrogens is 372 g/mol. The molecule has 2 aromatic rings. The number of fused-ring (bicyclic) bond motifs is 3. The molecule has 4 rings (SSSR count). The molecule has 0 radical (unpaired) electrons. The Morgan fingerprint density at radius 2 is 2.07 bits per heavy atom. The molecule has 152 valence electrons. The van der Waals surface area contributed by atoms with Crippen LogP contribution in [-0.2, 0) is 6.54 Å². The van der Waals surface area contributed by atoms with Crippen LogP contribution in [0.3, 0.4) is 0 Å². The molecule has 6 heteroatoms. The molecule has 2 saturated carbocycles. The third-order valence-corrected chi connectivity index (χ3v) is 7.37. The van der Waals surface area contributed by atoms with Gasteiger partial charge in [-0.25, -0.2) is 9.67 Å². The molecule has 4 atom stereocenters. The number of nitrogens with one attached hydrogen (secondary N) is 1. The van der Waals surface area contributed by atoms with E-state index >= 15 is 0 Å².